The summed E-state index contributed by atoms with van der Waals surface area (Å²) in [5, 5.41) is 26.3. The van der Waals surface area contributed by atoms with Gasteiger partial charge in [-0.2, -0.15) is 5.10 Å². The van der Waals surface area contributed by atoms with Crippen LogP contribution in [0.25, 0.3) is 0 Å². The summed E-state index contributed by atoms with van der Waals surface area (Å²) in [6.07, 6.45) is 0. The Morgan fingerprint density at radius 3 is 2.65 bits per heavy atom. The zero-order chi connectivity index (χ0) is 19.3. The minimum Gasteiger partial charge on any atom is -0.477 e. The molecule has 2 N–H and O–H groups in total. The third-order valence-electron chi connectivity index (χ3n) is 4.24. The topological polar surface area (TPSA) is 148 Å². The van der Waals surface area contributed by atoms with Crippen molar-refractivity contribution in [1.29, 1.82) is 0 Å². The average molecular weight is 381 g/mol. The maximum Gasteiger partial charge on any atom is 0.352 e. The van der Waals surface area contributed by atoms with E-state index in [4.69, 9.17) is 0 Å². The van der Waals surface area contributed by atoms with Crippen molar-refractivity contribution < 1.29 is 24.4 Å². The number of nitrogens with zero attached hydrogens (tertiary/aromatic N) is 4. The molecule has 11 nitrogen and oxygen atoms in total. The van der Waals surface area contributed by atoms with E-state index in [2.05, 4.69) is 10.4 Å². The van der Waals surface area contributed by atoms with Crippen molar-refractivity contribution in [3.63, 3.8) is 0 Å². The normalized spacial score (nSPS) is 22.0. The van der Waals surface area contributed by atoms with E-state index in [1.54, 1.807) is 6.92 Å². The second-order valence-corrected chi connectivity index (χ2v) is 7.06. The zero-order valence-electron chi connectivity index (χ0n) is 14.0. The molecule has 0 aliphatic carbocycles. The fourth-order valence-electron chi connectivity index (χ4n) is 3.10. The van der Waals surface area contributed by atoms with Gasteiger partial charge in [0.15, 0.2) is 0 Å². The minimum absolute atomic E-state index is 0.0772. The van der Waals surface area contributed by atoms with Gasteiger partial charge < -0.3 is 10.4 Å². The molecule has 1 aromatic heterocycles. The molecule has 1 saturated heterocycles. The molecule has 3 heterocycles. The van der Waals surface area contributed by atoms with Gasteiger partial charge in [-0.25, -0.2) is 4.79 Å². The van der Waals surface area contributed by atoms with Gasteiger partial charge in [0.2, 0.25) is 5.69 Å². The molecule has 0 saturated carbocycles. The Morgan fingerprint density at radius 1 is 1.42 bits per heavy atom. The predicted octanol–water partition coefficient (Wildman–Crippen LogP) is 0.00882. The van der Waals surface area contributed by atoms with Crippen LogP contribution < -0.4 is 5.32 Å². The summed E-state index contributed by atoms with van der Waals surface area (Å²) < 4.78 is 1.09. The molecule has 26 heavy (non-hydrogen) atoms. The highest BCUT2D eigenvalue weighted by molar-refractivity contribution is 8.00. The molecule has 2 aliphatic heterocycles. The first-order valence-corrected chi connectivity index (χ1v) is 8.56. The molecule has 1 fully saturated rings. The Morgan fingerprint density at radius 2 is 2.08 bits per heavy atom. The number of hydrogen-bond acceptors (Lipinski definition) is 7. The zero-order valence-corrected chi connectivity index (χ0v) is 14.9. The Balaban J connectivity index is 1.85. The summed E-state index contributed by atoms with van der Waals surface area (Å²) in [6, 6.07) is -0.954. The van der Waals surface area contributed by atoms with Crippen molar-refractivity contribution >= 4 is 35.2 Å². The highest BCUT2D eigenvalue weighted by atomic mass is 32.2. The molecule has 12 heteroatoms. The van der Waals surface area contributed by atoms with Crippen LogP contribution in [0, 0.1) is 17.0 Å². The van der Waals surface area contributed by atoms with E-state index >= 15 is 0 Å². The molecule has 0 unspecified atom stereocenters. The van der Waals surface area contributed by atoms with E-state index < -0.39 is 39.8 Å². The fourth-order valence-corrected chi connectivity index (χ4v) is 4.40. The Hall–Kier alpha value is -2.89. The number of nitrogens with one attached hydrogen (secondary N) is 1. The van der Waals surface area contributed by atoms with Gasteiger partial charge in [-0.1, -0.05) is 0 Å². The van der Waals surface area contributed by atoms with Crippen molar-refractivity contribution in [2.24, 2.45) is 7.05 Å². The lowest BCUT2D eigenvalue weighted by molar-refractivity contribution is -0.385. The largest absolute Gasteiger partial charge is 0.477 e. The highest BCUT2D eigenvalue weighted by Gasteiger charge is 2.54. The van der Waals surface area contributed by atoms with E-state index in [0.29, 0.717) is 11.3 Å². The molecule has 3 rings (SSSR count). The van der Waals surface area contributed by atoms with Gasteiger partial charge >= 0.3 is 11.7 Å². The SMILES string of the molecule is CC1=C(C(=O)O)N2C(=O)[C@@H](NC(=O)c3c([N+](=O)[O-])c(C)nn3C)[C@H]2SC1. The summed E-state index contributed by atoms with van der Waals surface area (Å²) in [5.41, 5.74) is -0.110. The van der Waals surface area contributed by atoms with Crippen LogP contribution in [-0.2, 0) is 16.6 Å². The van der Waals surface area contributed by atoms with Crippen LogP contribution in [0.2, 0.25) is 0 Å². The van der Waals surface area contributed by atoms with E-state index in [-0.39, 0.29) is 17.1 Å². The number of carbonyl (C=O) groups excluding carboxylic acids is 2. The maximum atomic E-state index is 12.5. The van der Waals surface area contributed by atoms with Crippen LogP contribution in [0.15, 0.2) is 11.3 Å². The third kappa shape index (κ3) is 2.53. The van der Waals surface area contributed by atoms with Gasteiger partial charge in [-0.3, -0.25) is 29.3 Å². The fraction of sp³-hybridized carbons (Fsp3) is 0.429. The number of β-lactam (4-membered cyclic amide) rings is 1. The van der Waals surface area contributed by atoms with Crippen molar-refractivity contribution in [2.75, 3.05) is 5.75 Å². The number of aryl methyl sites for hydroxylation is 2. The molecular formula is C14H15N5O6S. The predicted molar refractivity (Wildman–Crippen MR) is 89.3 cm³/mol. The lowest BCUT2D eigenvalue weighted by Gasteiger charge is -2.49. The number of carbonyl (C=O) groups is 3. The van der Waals surface area contributed by atoms with Crippen molar-refractivity contribution in [1.82, 2.24) is 20.0 Å². The minimum atomic E-state index is -1.20. The molecule has 2 atom stereocenters. The highest BCUT2D eigenvalue weighted by Crippen LogP contribution is 2.40. The summed E-state index contributed by atoms with van der Waals surface area (Å²) in [5.74, 6) is -2.16. The van der Waals surface area contributed by atoms with Crippen molar-refractivity contribution in [3.05, 3.63) is 32.8 Å². The number of amides is 2. The first-order valence-electron chi connectivity index (χ1n) is 7.51. The molecule has 2 amide bonds. The molecule has 2 aliphatic rings. The first-order chi connectivity index (χ1) is 12.1. The Labute approximate surface area is 151 Å². The number of hydrogen-bond donors (Lipinski definition) is 2. The number of thioether (sulfide) groups is 1. The lowest BCUT2D eigenvalue weighted by Crippen LogP contribution is -2.70. The number of aliphatic carboxylic acids is 1. The number of nitro groups is 1. The van der Waals surface area contributed by atoms with Crippen LogP contribution in [-0.4, -0.2) is 59.7 Å². The number of carboxylic acids is 1. The van der Waals surface area contributed by atoms with E-state index in [0.717, 1.165) is 9.58 Å². The first kappa shape index (κ1) is 17.9. The van der Waals surface area contributed by atoms with Crippen LogP contribution in [0.5, 0.6) is 0 Å². The maximum absolute atomic E-state index is 12.5. The second kappa shape index (κ2) is 6.12. The molecule has 0 spiro atoms. The standard InChI is InChI=1S/C14H15N5O6S/c1-5-4-26-13-7(12(21)18(13)8(5)14(22)23)15-11(20)10-9(19(24)25)6(2)16-17(10)3/h7,13H,4H2,1-3H3,(H,15,20)(H,22,23)/t7-,13-/m1/s1. The number of aromatic nitrogens is 2. The van der Waals surface area contributed by atoms with Crippen LogP contribution >= 0.6 is 11.8 Å². The molecule has 0 bridgehead atoms. The van der Waals surface area contributed by atoms with E-state index in [1.807, 2.05) is 0 Å². The molecule has 0 radical (unpaired) electrons. The van der Waals surface area contributed by atoms with Crippen LogP contribution in [0.3, 0.4) is 0 Å². The smallest absolute Gasteiger partial charge is 0.352 e. The lowest BCUT2D eigenvalue weighted by atomic mass is 10.0. The van der Waals surface area contributed by atoms with Gasteiger partial charge in [0.1, 0.15) is 22.8 Å². The summed E-state index contributed by atoms with van der Waals surface area (Å²) in [4.78, 5) is 47.9. The van der Waals surface area contributed by atoms with Gasteiger partial charge in [0, 0.05) is 12.8 Å². The summed E-state index contributed by atoms with van der Waals surface area (Å²) in [6.45, 7) is 3.04. The average Bonchev–Trinajstić information content (AvgIpc) is 2.86. The molecule has 1 aromatic rings. The quantitative estimate of drug-likeness (QED) is 0.421. The van der Waals surface area contributed by atoms with Gasteiger partial charge in [0.25, 0.3) is 11.8 Å². The van der Waals surface area contributed by atoms with Gasteiger partial charge in [0.05, 0.1) is 4.92 Å². The summed E-state index contributed by atoms with van der Waals surface area (Å²) >= 11 is 1.32. The Kier molecular flexibility index (Phi) is 4.22. The number of rotatable bonds is 4. The van der Waals surface area contributed by atoms with Crippen LogP contribution in [0.4, 0.5) is 5.69 Å². The number of carboxylic acid groups (broad SMARTS) is 1. The molecule has 0 aromatic carbocycles. The number of fused-ring (bicyclic) bond motifs is 1. The van der Waals surface area contributed by atoms with E-state index in [9.17, 15) is 29.6 Å². The van der Waals surface area contributed by atoms with Crippen LogP contribution in [0.1, 0.15) is 23.1 Å². The van der Waals surface area contributed by atoms with Gasteiger partial charge in [-0.15, -0.1) is 11.8 Å². The summed E-state index contributed by atoms with van der Waals surface area (Å²) in [7, 11) is 1.40. The second-order valence-electron chi connectivity index (χ2n) is 5.96. The Bertz CT molecular complexity index is 891. The van der Waals surface area contributed by atoms with Gasteiger partial charge in [-0.05, 0) is 19.4 Å². The molecular weight excluding hydrogens is 366 g/mol. The third-order valence-corrected chi connectivity index (χ3v) is 5.66. The monoisotopic (exact) mass is 381 g/mol. The van der Waals surface area contributed by atoms with Crippen molar-refractivity contribution in [2.45, 2.75) is 25.3 Å². The van der Waals surface area contributed by atoms with E-state index in [1.165, 1.54) is 25.7 Å². The molecule has 138 valence electrons. The van der Waals surface area contributed by atoms with Crippen molar-refractivity contribution in [3.8, 4) is 0 Å².